The fraction of sp³-hybridized carbons (Fsp3) is 0.500. The smallest absolute Gasteiger partial charge is 0.225 e. The van der Waals surface area contributed by atoms with Crippen molar-refractivity contribution < 1.29 is 4.79 Å². The maximum absolute atomic E-state index is 12.0. The van der Waals surface area contributed by atoms with Gasteiger partial charge in [0.1, 0.15) is 0 Å². The van der Waals surface area contributed by atoms with Gasteiger partial charge in [0, 0.05) is 20.0 Å². The molecule has 1 amide bonds. The van der Waals surface area contributed by atoms with Crippen LogP contribution in [0.15, 0.2) is 30.3 Å². The topological polar surface area (TPSA) is 20.3 Å². The lowest BCUT2D eigenvalue weighted by molar-refractivity contribution is -0.134. The zero-order chi connectivity index (χ0) is 12.1. The van der Waals surface area contributed by atoms with Crippen molar-refractivity contribution in [1.82, 2.24) is 4.90 Å². The van der Waals surface area contributed by atoms with Crippen molar-refractivity contribution in [3.63, 3.8) is 0 Å². The van der Waals surface area contributed by atoms with E-state index in [0.29, 0.717) is 5.92 Å². The molecular formula is C14H21NO. The molecule has 0 aliphatic carbocycles. The average molecular weight is 219 g/mol. The molecule has 1 aromatic rings. The zero-order valence-corrected chi connectivity index (χ0v) is 10.6. The Bertz CT molecular complexity index is 330. The summed E-state index contributed by atoms with van der Waals surface area (Å²) in [5, 5.41) is 0. The van der Waals surface area contributed by atoms with E-state index in [-0.39, 0.29) is 11.8 Å². The number of rotatable bonds is 4. The first-order chi connectivity index (χ1) is 7.52. The lowest BCUT2D eigenvalue weighted by Gasteiger charge is -2.23. The number of hydrogen-bond acceptors (Lipinski definition) is 1. The van der Waals surface area contributed by atoms with Gasteiger partial charge in [0.2, 0.25) is 5.91 Å². The van der Waals surface area contributed by atoms with E-state index in [4.69, 9.17) is 0 Å². The first-order valence-corrected chi connectivity index (χ1v) is 5.77. The Morgan fingerprint density at radius 2 is 1.75 bits per heavy atom. The van der Waals surface area contributed by atoms with Crippen molar-refractivity contribution >= 4 is 5.91 Å². The van der Waals surface area contributed by atoms with Crippen LogP contribution < -0.4 is 0 Å². The second-order valence-corrected chi connectivity index (χ2v) is 4.77. The molecule has 1 aromatic carbocycles. The maximum atomic E-state index is 12.0. The van der Waals surface area contributed by atoms with Crippen LogP contribution in [-0.2, 0) is 11.2 Å². The highest BCUT2D eigenvalue weighted by molar-refractivity contribution is 5.78. The van der Waals surface area contributed by atoms with Gasteiger partial charge in [-0.15, -0.1) is 0 Å². The molecule has 0 N–H and O–H groups in total. The van der Waals surface area contributed by atoms with Crippen LogP contribution in [0.4, 0.5) is 0 Å². The van der Waals surface area contributed by atoms with Gasteiger partial charge in [-0.3, -0.25) is 4.79 Å². The Morgan fingerprint density at radius 3 is 2.19 bits per heavy atom. The largest absolute Gasteiger partial charge is 0.349 e. The molecule has 0 heterocycles. The lowest BCUT2D eigenvalue weighted by Crippen LogP contribution is -2.33. The highest BCUT2D eigenvalue weighted by Gasteiger charge is 2.23. The van der Waals surface area contributed by atoms with E-state index in [1.807, 2.05) is 32.3 Å². The molecule has 88 valence electrons. The third-order valence-electron chi connectivity index (χ3n) is 2.86. The molecule has 0 aromatic heterocycles. The van der Waals surface area contributed by atoms with Crippen LogP contribution in [0.5, 0.6) is 0 Å². The molecule has 16 heavy (non-hydrogen) atoms. The molecule has 0 fully saturated rings. The van der Waals surface area contributed by atoms with E-state index in [0.717, 1.165) is 6.42 Å². The van der Waals surface area contributed by atoms with Crippen LogP contribution in [0.3, 0.4) is 0 Å². The predicted octanol–water partition coefficient (Wildman–Crippen LogP) is 2.59. The van der Waals surface area contributed by atoms with Gasteiger partial charge < -0.3 is 4.90 Å². The molecule has 0 saturated carbocycles. The fourth-order valence-electron chi connectivity index (χ4n) is 1.81. The van der Waals surface area contributed by atoms with Crippen LogP contribution >= 0.6 is 0 Å². The minimum atomic E-state index is 0.0809. The van der Waals surface area contributed by atoms with Crippen LogP contribution in [0.25, 0.3) is 0 Å². The predicted molar refractivity (Wildman–Crippen MR) is 67.2 cm³/mol. The van der Waals surface area contributed by atoms with Crippen molar-refractivity contribution in [3.8, 4) is 0 Å². The minimum Gasteiger partial charge on any atom is -0.349 e. The van der Waals surface area contributed by atoms with Crippen LogP contribution in [0, 0.1) is 11.8 Å². The molecule has 1 rings (SSSR count). The van der Waals surface area contributed by atoms with Gasteiger partial charge in [0.25, 0.3) is 0 Å². The summed E-state index contributed by atoms with van der Waals surface area (Å²) in [7, 11) is 3.64. The molecule has 1 unspecified atom stereocenters. The van der Waals surface area contributed by atoms with Crippen molar-refractivity contribution in [2.45, 2.75) is 20.3 Å². The number of amides is 1. The van der Waals surface area contributed by atoms with Gasteiger partial charge in [-0.2, -0.15) is 0 Å². The highest BCUT2D eigenvalue weighted by atomic mass is 16.2. The number of carbonyl (C=O) groups is 1. The van der Waals surface area contributed by atoms with Crippen molar-refractivity contribution in [2.75, 3.05) is 14.1 Å². The maximum Gasteiger partial charge on any atom is 0.225 e. The fourth-order valence-corrected chi connectivity index (χ4v) is 1.81. The Labute approximate surface area is 98.3 Å². The molecule has 2 nitrogen and oxygen atoms in total. The van der Waals surface area contributed by atoms with E-state index in [2.05, 4.69) is 26.0 Å². The molecular weight excluding hydrogens is 198 g/mol. The molecule has 0 bridgehead atoms. The van der Waals surface area contributed by atoms with Gasteiger partial charge in [-0.25, -0.2) is 0 Å². The summed E-state index contributed by atoms with van der Waals surface area (Å²) in [6.07, 6.45) is 0.829. The Kier molecular flexibility index (Phi) is 4.53. The molecule has 0 aliphatic rings. The summed E-state index contributed by atoms with van der Waals surface area (Å²) in [5.41, 5.74) is 1.23. The molecule has 2 heteroatoms. The van der Waals surface area contributed by atoms with E-state index in [1.165, 1.54) is 5.56 Å². The monoisotopic (exact) mass is 219 g/mol. The van der Waals surface area contributed by atoms with E-state index < -0.39 is 0 Å². The van der Waals surface area contributed by atoms with Crippen molar-refractivity contribution in [3.05, 3.63) is 35.9 Å². The number of carbonyl (C=O) groups excluding carboxylic acids is 1. The lowest BCUT2D eigenvalue weighted by atomic mass is 9.88. The summed E-state index contributed by atoms with van der Waals surface area (Å²) in [4.78, 5) is 13.7. The van der Waals surface area contributed by atoms with Gasteiger partial charge in [-0.05, 0) is 17.9 Å². The first kappa shape index (κ1) is 12.8. The number of nitrogens with zero attached hydrogens (tertiary/aromatic N) is 1. The van der Waals surface area contributed by atoms with Crippen LogP contribution in [-0.4, -0.2) is 24.9 Å². The second-order valence-electron chi connectivity index (χ2n) is 4.77. The molecule has 0 saturated heterocycles. The zero-order valence-electron chi connectivity index (χ0n) is 10.6. The van der Waals surface area contributed by atoms with Crippen molar-refractivity contribution in [1.29, 1.82) is 0 Å². The summed E-state index contributed by atoms with van der Waals surface area (Å²) < 4.78 is 0. The van der Waals surface area contributed by atoms with Gasteiger partial charge in [0.05, 0.1) is 0 Å². The minimum absolute atomic E-state index is 0.0809. The van der Waals surface area contributed by atoms with Gasteiger partial charge >= 0.3 is 0 Å². The third kappa shape index (κ3) is 3.37. The van der Waals surface area contributed by atoms with Crippen LogP contribution in [0.1, 0.15) is 19.4 Å². The second kappa shape index (κ2) is 5.69. The normalized spacial score (nSPS) is 12.6. The average Bonchev–Trinajstić information content (AvgIpc) is 2.26. The Hall–Kier alpha value is -1.31. The SMILES string of the molecule is CC(C)C(Cc1ccccc1)C(=O)N(C)C. The standard InChI is InChI=1S/C14H21NO/c1-11(2)13(14(16)15(3)4)10-12-8-6-5-7-9-12/h5-9,11,13H,10H2,1-4H3. The van der Waals surface area contributed by atoms with Gasteiger partial charge in [0.15, 0.2) is 0 Å². The van der Waals surface area contributed by atoms with Crippen molar-refractivity contribution in [2.24, 2.45) is 11.8 Å². The molecule has 0 aliphatic heterocycles. The van der Waals surface area contributed by atoms with E-state index >= 15 is 0 Å². The molecule has 1 atom stereocenters. The van der Waals surface area contributed by atoms with E-state index in [9.17, 15) is 4.79 Å². The molecule has 0 radical (unpaired) electrons. The van der Waals surface area contributed by atoms with Crippen LogP contribution in [0.2, 0.25) is 0 Å². The summed E-state index contributed by atoms with van der Waals surface area (Å²) in [6.45, 7) is 4.21. The quantitative estimate of drug-likeness (QED) is 0.762. The summed E-state index contributed by atoms with van der Waals surface area (Å²) in [5.74, 6) is 0.673. The molecule has 0 spiro atoms. The highest BCUT2D eigenvalue weighted by Crippen LogP contribution is 2.19. The van der Waals surface area contributed by atoms with E-state index in [1.54, 1.807) is 4.90 Å². The number of benzene rings is 1. The Morgan fingerprint density at radius 1 is 1.19 bits per heavy atom. The summed E-state index contributed by atoms with van der Waals surface area (Å²) in [6, 6.07) is 10.2. The Balaban J connectivity index is 2.77. The van der Waals surface area contributed by atoms with Gasteiger partial charge in [-0.1, -0.05) is 44.2 Å². The summed E-state index contributed by atoms with van der Waals surface area (Å²) >= 11 is 0. The number of hydrogen-bond donors (Lipinski definition) is 0. The third-order valence-corrected chi connectivity index (χ3v) is 2.86. The first-order valence-electron chi connectivity index (χ1n) is 5.77.